The predicted octanol–water partition coefficient (Wildman–Crippen LogP) is 4.99. The fourth-order valence-corrected chi connectivity index (χ4v) is 4.13. The van der Waals surface area contributed by atoms with Crippen LogP contribution in [0.2, 0.25) is 5.02 Å². The molecule has 2 aromatic carbocycles. The van der Waals surface area contributed by atoms with Crippen molar-refractivity contribution in [1.29, 1.82) is 0 Å². The van der Waals surface area contributed by atoms with Gasteiger partial charge >= 0.3 is 0 Å². The highest BCUT2D eigenvalue weighted by molar-refractivity contribution is 9.10. The number of fused-ring (bicyclic) bond motifs is 1. The minimum absolute atomic E-state index is 0.142. The van der Waals surface area contributed by atoms with Gasteiger partial charge < -0.3 is 4.74 Å². The molecule has 2 heterocycles. The number of methoxy groups -OCH3 is 1. The second-order valence-electron chi connectivity index (χ2n) is 5.83. The van der Waals surface area contributed by atoms with Gasteiger partial charge in [0.2, 0.25) is 0 Å². The van der Waals surface area contributed by atoms with E-state index < -0.39 is 0 Å². The fraction of sp³-hybridized carbons (Fsp3) is 0.105. The van der Waals surface area contributed by atoms with Crippen molar-refractivity contribution in [2.45, 2.75) is 6.54 Å². The summed E-state index contributed by atoms with van der Waals surface area (Å²) in [6, 6.07) is 10.9. The van der Waals surface area contributed by atoms with Crippen LogP contribution >= 0.6 is 38.9 Å². The van der Waals surface area contributed by atoms with Gasteiger partial charge in [-0.25, -0.2) is 9.97 Å². The van der Waals surface area contributed by atoms with Gasteiger partial charge in [-0.05, 0) is 36.4 Å². The van der Waals surface area contributed by atoms with Gasteiger partial charge in [0.25, 0.3) is 5.56 Å². The first kappa shape index (κ1) is 18.2. The molecule has 4 rings (SSSR count). The normalized spacial score (nSPS) is 11.1. The summed E-state index contributed by atoms with van der Waals surface area (Å²) in [6.45, 7) is 0.334. The van der Waals surface area contributed by atoms with E-state index in [0.717, 1.165) is 26.5 Å². The van der Waals surface area contributed by atoms with Crippen molar-refractivity contribution in [3.63, 3.8) is 0 Å². The molecule has 0 saturated carbocycles. The maximum Gasteiger partial charge on any atom is 0.261 e. The molecule has 0 unspecified atom stereocenters. The van der Waals surface area contributed by atoms with E-state index in [4.69, 9.17) is 16.3 Å². The number of nitrogens with zero attached hydrogens (tertiary/aromatic N) is 3. The smallest absolute Gasteiger partial charge is 0.261 e. The zero-order valence-electron chi connectivity index (χ0n) is 14.1. The van der Waals surface area contributed by atoms with Gasteiger partial charge in [0.15, 0.2) is 0 Å². The van der Waals surface area contributed by atoms with Crippen molar-refractivity contribution in [2.24, 2.45) is 0 Å². The number of halogens is 2. The van der Waals surface area contributed by atoms with Crippen LogP contribution in [0.4, 0.5) is 0 Å². The SMILES string of the molecule is COc1ccc(Br)cc1-c1nc(Cn2cnc3ccc(Cl)cc3c2=O)cs1. The number of hydrogen-bond acceptors (Lipinski definition) is 5. The van der Waals surface area contributed by atoms with Crippen molar-refractivity contribution >= 4 is 49.8 Å². The number of thiazole rings is 1. The van der Waals surface area contributed by atoms with E-state index in [1.165, 1.54) is 22.2 Å². The molecule has 0 atom stereocenters. The molecule has 4 aromatic rings. The number of hydrogen-bond donors (Lipinski definition) is 0. The Morgan fingerprint density at radius 2 is 2.11 bits per heavy atom. The third-order valence-corrected chi connectivity index (χ3v) is 5.71. The lowest BCUT2D eigenvalue weighted by atomic mass is 10.2. The van der Waals surface area contributed by atoms with Crippen LogP contribution in [0.3, 0.4) is 0 Å². The molecule has 0 N–H and O–H groups in total. The zero-order valence-corrected chi connectivity index (χ0v) is 17.3. The zero-order chi connectivity index (χ0) is 19.0. The van der Waals surface area contributed by atoms with Gasteiger partial charge in [-0.1, -0.05) is 27.5 Å². The molecule has 0 aliphatic rings. The lowest BCUT2D eigenvalue weighted by molar-refractivity contribution is 0.416. The first-order valence-electron chi connectivity index (χ1n) is 7.98. The van der Waals surface area contributed by atoms with Crippen LogP contribution in [0.15, 0.2) is 57.4 Å². The van der Waals surface area contributed by atoms with E-state index in [-0.39, 0.29) is 5.56 Å². The standard InChI is InChI=1S/C19H13BrClN3O2S/c1-26-17-5-2-11(20)6-15(17)18-23-13(9-27-18)8-24-10-22-16-4-3-12(21)7-14(16)19(24)25/h2-7,9-10H,8H2,1H3. The van der Waals surface area contributed by atoms with Crippen molar-refractivity contribution in [3.8, 4) is 16.3 Å². The van der Waals surface area contributed by atoms with Crippen LogP contribution in [0, 0.1) is 0 Å². The number of rotatable bonds is 4. The summed E-state index contributed by atoms with van der Waals surface area (Å²) in [6.07, 6.45) is 1.54. The van der Waals surface area contributed by atoms with Gasteiger partial charge in [-0.2, -0.15) is 0 Å². The molecule has 0 aliphatic heterocycles. The minimum Gasteiger partial charge on any atom is -0.496 e. The number of benzene rings is 2. The average Bonchev–Trinajstić information content (AvgIpc) is 3.13. The largest absolute Gasteiger partial charge is 0.496 e. The molecule has 8 heteroatoms. The van der Waals surface area contributed by atoms with Crippen LogP contribution in [-0.4, -0.2) is 21.6 Å². The summed E-state index contributed by atoms with van der Waals surface area (Å²) in [7, 11) is 1.63. The minimum atomic E-state index is -0.142. The maximum atomic E-state index is 12.7. The van der Waals surface area contributed by atoms with E-state index in [2.05, 4.69) is 25.9 Å². The highest BCUT2D eigenvalue weighted by Gasteiger charge is 2.12. The molecule has 136 valence electrons. The van der Waals surface area contributed by atoms with Crippen LogP contribution in [-0.2, 0) is 6.54 Å². The summed E-state index contributed by atoms with van der Waals surface area (Å²) in [5.74, 6) is 0.748. The molecule has 0 spiro atoms. The Hall–Kier alpha value is -2.22. The van der Waals surface area contributed by atoms with Gasteiger partial charge in [0, 0.05) is 14.9 Å². The molecule has 0 aliphatic carbocycles. The van der Waals surface area contributed by atoms with Crippen molar-refractivity contribution in [2.75, 3.05) is 7.11 Å². The summed E-state index contributed by atoms with van der Waals surface area (Å²) >= 11 is 11.0. The van der Waals surface area contributed by atoms with Crippen molar-refractivity contribution in [1.82, 2.24) is 14.5 Å². The molecule has 0 saturated heterocycles. The maximum absolute atomic E-state index is 12.7. The Bertz CT molecular complexity index is 1210. The third-order valence-electron chi connectivity index (χ3n) is 4.06. The van der Waals surface area contributed by atoms with Crippen LogP contribution < -0.4 is 10.3 Å². The van der Waals surface area contributed by atoms with Gasteiger partial charge in [-0.15, -0.1) is 11.3 Å². The Balaban J connectivity index is 1.70. The summed E-state index contributed by atoms with van der Waals surface area (Å²) in [5.41, 5.74) is 2.16. The molecule has 5 nitrogen and oxygen atoms in total. The highest BCUT2D eigenvalue weighted by atomic mass is 79.9. The lowest BCUT2D eigenvalue weighted by Gasteiger charge is -2.07. The fourth-order valence-electron chi connectivity index (χ4n) is 2.77. The summed E-state index contributed by atoms with van der Waals surface area (Å²) in [5, 5.41) is 3.77. The molecular formula is C19H13BrClN3O2S. The average molecular weight is 463 g/mol. The predicted molar refractivity (Wildman–Crippen MR) is 112 cm³/mol. The Morgan fingerprint density at radius 1 is 1.26 bits per heavy atom. The molecule has 27 heavy (non-hydrogen) atoms. The van der Waals surface area contributed by atoms with Gasteiger partial charge in [-0.3, -0.25) is 9.36 Å². The van der Waals surface area contributed by atoms with E-state index >= 15 is 0 Å². The topological polar surface area (TPSA) is 57.0 Å². The van der Waals surface area contributed by atoms with Crippen molar-refractivity contribution < 1.29 is 4.74 Å². The Labute approximate surface area is 172 Å². The second-order valence-corrected chi connectivity index (χ2v) is 8.04. The van der Waals surface area contributed by atoms with E-state index in [1.54, 1.807) is 25.3 Å². The monoisotopic (exact) mass is 461 g/mol. The molecule has 0 bridgehead atoms. The Kier molecular flexibility index (Phi) is 4.99. The van der Waals surface area contributed by atoms with Gasteiger partial charge in [0.1, 0.15) is 10.8 Å². The number of ether oxygens (including phenoxy) is 1. The first-order chi connectivity index (χ1) is 13.0. The van der Waals surface area contributed by atoms with Crippen LogP contribution in [0.5, 0.6) is 5.75 Å². The third kappa shape index (κ3) is 3.63. The van der Waals surface area contributed by atoms with E-state index in [9.17, 15) is 4.79 Å². The number of aromatic nitrogens is 3. The lowest BCUT2D eigenvalue weighted by Crippen LogP contribution is -2.21. The highest BCUT2D eigenvalue weighted by Crippen LogP contribution is 2.34. The molecular weight excluding hydrogens is 450 g/mol. The molecule has 0 radical (unpaired) electrons. The molecule has 2 aromatic heterocycles. The summed E-state index contributed by atoms with van der Waals surface area (Å²) in [4.78, 5) is 21.7. The van der Waals surface area contributed by atoms with E-state index in [0.29, 0.717) is 22.5 Å². The Morgan fingerprint density at radius 3 is 2.93 bits per heavy atom. The molecule has 0 amide bonds. The second kappa shape index (κ2) is 7.42. The first-order valence-corrected chi connectivity index (χ1v) is 10.0. The van der Waals surface area contributed by atoms with Gasteiger partial charge in [0.05, 0.1) is 42.1 Å². The van der Waals surface area contributed by atoms with Crippen LogP contribution in [0.1, 0.15) is 5.69 Å². The van der Waals surface area contributed by atoms with E-state index in [1.807, 2.05) is 23.6 Å². The van der Waals surface area contributed by atoms with Crippen molar-refractivity contribution in [3.05, 3.63) is 73.6 Å². The quantitative estimate of drug-likeness (QED) is 0.428. The summed E-state index contributed by atoms with van der Waals surface area (Å²) < 4.78 is 7.91. The molecule has 0 fully saturated rings. The van der Waals surface area contributed by atoms with Crippen LogP contribution in [0.25, 0.3) is 21.5 Å².